The molecule has 6 nitrogen and oxygen atoms in total. The zero-order chi connectivity index (χ0) is 20.8. The van der Waals surface area contributed by atoms with Crippen molar-refractivity contribution in [2.45, 2.75) is 26.4 Å². The van der Waals surface area contributed by atoms with Crippen LogP contribution in [0, 0.1) is 0 Å². The van der Waals surface area contributed by atoms with E-state index in [0.717, 1.165) is 16.3 Å². The normalized spacial score (nSPS) is 10.6. The molecule has 2 amide bonds. The number of hydrogen-bond donors (Lipinski definition) is 2. The molecule has 0 heterocycles. The zero-order valence-corrected chi connectivity index (χ0v) is 16.7. The molecule has 3 aromatic carbocycles. The number of benzene rings is 3. The van der Waals surface area contributed by atoms with Crippen LogP contribution in [0.25, 0.3) is 10.8 Å². The van der Waals surface area contributed by atoms with E-state index < -0.39 is 5.91 Å². The van der Waals surface area contributed by atoms with Crippen LogP contribution in [0.2, 0.25) is 0 Å². The Morgan fingerprint density at radius 1 is 0.931 bits per heavy atom. The van der Waals surface area contributed by atoms with Gasteiger partial charge in [0, 0.05) is 5.56 Å². The summed E-state index contributed by atoms with van der Waals surface area (Å²) in [6.07, 6.45) is 0.142. The van der Waals surface area contributed by atoms with E-state index in [1.807, 2.05) is 56.3 Å². The molecular formula is C23H24N2O4. The Kier molecular flexibility index (Phi) is 6.34. The monoisotopic (exact) mass is 392 g/mol. The van der Waals surface area contributed by atoms with Crippen molar-refractivity contribution in [1.82, 2.24) is 10.9 Å². The van der Waals surface area contributed by atoms with Crippen LogP contribution in [0.15, 0.2) is 60.7 Å². The molecule has 2 N–H and O–H groups in total. The van der Waals surface area contributed by atoms with Gasteiger partial charge in [0.2, 0.25) is 5.91 Å². The van der Waals surface area contributed by atoms with Crippen molar-refractivity contribution < 1.29 is 19.1 Å². The second-order valence-corrected chi connectivity index (χ2v) is 6.85. The zero-order valence-electron chi connectivity index (χ0n) is 16.7. The number of carbonyl (C=O) groups excluding carboxylic acids is 2. The Bertz CT molecular complexity index is 1030. The van der Waals surface area contributed by atoms with Crippen LogP contribution >= 0.6 is 0 Å². The molecule has 29 heavy (non-hydrogen) atoms. The maximum Gasteiger partial charge on any atom is 0.269 e. The van der Waals surface area contributed by atoms with Crippen LogP contribution in [0.1, 0.15) is 29.8 Å². The average molecular weight is 392 g/mol. The smallest absolute Gasteiger partial charge is 0.269 e. The van der Waals surface area contributed by atoms with Crippen LogP contribution < -0.4 is 20.3 Å². The van der Waals surface area contributed by atoms with Gasteiger partial charge in [0.25, 0.3) is 5.91 Å². The maximum atomic E-state index is 12.4. The lowest BCUT2D eigenvalue weighted by Gasteiger charge is -2.14. The molecule has 0 spiro atoms. The molecule has 0 aliphatic rings. The number of rotatable bonds is 6. The third-order valence-electron chi connectivity index (χ3n) is 4.33. The summed E-state index contributed by atoms with van der Waals surface area (Å²) in [5.74, 6) is 0.263. The Morgan fingerprint density at radius 2 is 1.69 bits per heavy atom. The third-order valence-corrected chi connectivity index (χ3v) is 4.33. The first kappa shape index (κ1) is 20.2. The van der Waals surface area contributed by atoms with E-state index in [1.165, 1.54) is 7.11 Å². The number of hydrogen-bond acceptors (Lipinski definition) is 4. The highest BCUT2D eigenvalue weighted by Gasteiger charge is 2.13. The number of methoxy groups -OCH3 is 1. The molecule has 3 rings (SSSR count). The first-order valence-corrected chi connectivity index (χ1v) is 9.38. The molecule has 0 radical (unpaired) electrons. The van der Waals surface area contributed by atoms with Gasteiger partial charge in [-0.25, -0.2) is 0 Å². The predicted octanol–water partition coefficient (Wildman–Crippen LogP) is 3.64. The van der Waals surface area contributed by atoms with Crippen LogP contribution in [0.4, 0.5) is 0 Å². The van der Waals surface area contributed by atoms with Gasteiger partial charge in [-0.1, -0.05) is 42.5 Å². The van der Waals surface area contributed by atoms with Gasteiger partial charge in [-0.2, -0.15) is 0 Å². The van der Waals surface area contributed by atoms with Gasteiger partial charge in [-0.3, -0.25) is 20.4 Å². The molecule has 150 valence electrons. The van der Waals surface area contributed by atoms with E-state index in [9.17, 15) is 9.59 Å². The van der Waals surface area contributed by atoms with E-state index in [-0.39, 0.29) is 18.4 Å². The summed E-state index contributed by atoms with van der Waals surface area (Å²) < 4.78 is 10.9. The van der Waals surface area contributed by atoms with Gasteiger partial charge in [0.05, 0.1) is 19.6 Å². The van der Waals surface area contributed by atoms with Gasteiger partial charge < -0.3 is 9.47 Å². The van der Waals surface area contributed by atoms with Crippen LogP contribution in [0.3, 0.4) is 0 Å². The van der Waals surface area contributed by atoms with Crippen LogP contribution in [-0.2, 0) is 11.2 Å². The quantitative estimate of drug-likeness (QED) is 0.628. The summed E-state index contributed by atoms with van der Waals surface area (Å²) in [4.78, 5) is 24.7. The standard InChI is InChI=1S/C23H24N2O4/c1-15(2)29-20-12-11-18(13-21(20)28-3)23(27)25-24-22(26)14-17-9-6-8-16-7-4-5-10-19(16)17/h4-13,15H,14H2,1-3H3,(H,24,26)(H,25,27). The highest BCUT2D eigenvalue weighted by molar-refractivity contribution is 5.96. The van der Waals surface area contributed by atoms with Gasteiger partial charge in [0.1, 0.15) is 0 Å². The van der Waals surface area contributed by atoms with E-state index in [2.05, 4.69) is 10.9 Å². The Morgan fingerprint density at radius 3 is 2.45 bits per heavy atom. The highest BCUT2D eigenvalue weighted by atomic mass is 16.5. The summed E-state index contributed by atoms with van der Waals surface area (Å²) >= 11 is 0. The minimum absolute atomic E-state index is 0.0167. The van der Waals surface area contributed by atoms with E-state index in [1.54, 1.807) is 18.2 Å². The number of amides is 2. The molecule has 0 atom stereocenters. The number of fused-ring (bicyclic) bond motifs is 1. The first-order chi connectivity index (χ1) is 14.0. The number of carbonyl (C=O) groups is 2. The molecule has 0 aliphatic heterocycles. The summed E-state index contributed by atoms with van der Waals surface area (Å²) in [6, 6.07) is 18.5. The lowest BCUT2D eigenvalue weighted by molar-refractivity contribution is -0.121. The predicted molar refractivity (Wildman–Crippen MR) is 112 cm³/mol. The van der Waals surface area contributed by atoms with E-state index in [4.69, 9.17) is 9.47 Å². The van der Waals surface area contributed by atoms with Crippen molar-refractivity contribution in [3.05, 3.63) is 71.8 Å². The highest BCUT2D eigenvalue weighted by Crippen LogP contribution is 2.28. The molecule has 6 heteroatoms. The second-order valence-electron chi connectivity index (χ2n) is 6.85. The summed E-state index contributed by atoms with van der Waals surface area (Å²) in [5.41, 5.74) is 6.16. The van der Waals surface area contributed by atoms with Gasteiger partial charge in [-0.15, -0.1) is 0 Å². The van der Waals surface area contributed by atoms with Crippen molar-refractivity contribution in [1.29, 1.82) is 0 Å². The van der Waals surface area contributed by atoms with Crippen LogP contribution in [0.5, 0.6) is 11.5 Å². The maximum absolute atomic E-state index is 12.4. The fourth-order valence-corrected chi connectivity index (χ4v) is 3.02. The minimum Gasteiger partial charge on any atom is -0.493 e. The SMILES string of the molecule is COc1cc(C(=O)NNC(=O)Cc2cccc3ccccc23)ccc1OC(C)C. The lowest BCUT2D eigenvalue weighted by atomic mass is 10.0. The third kappa shape index (κ3) is 5.04. The van der Waals surface area contributed by atoms with Crippen molar-refractivity contribution in [2.75, 3.05) is 7.11 Å². The van der Waals surface area contributed by atoms with Crippen molar-refractivity contribution in [3.63, 3.8) is 0 Å². The Hall–Kier alpha value is -3.54. The van der Waals surface area contributed by atoms with Gasteiger partial charge >= 0.3 is 0 Å². The van der Waals surface area contributed by atoms with E-state index in [0.29, 0.717) is 17.1 Å². The van der Waals surface area contributed by atoms with Gasteiger partial charge in [-0.05, 0) is 48.4 Å². The summed E-state index contributed by atoms with van der Waals surface area (Å²) in [5, 5.41) is 2.08. The molecule has 0 fully saturated rings. The Balaban J connectivity index is 1.63. The van der Waals surface area contributed by atoms with Crippen molar-refractivity contribution in [2.24, 2.45) is 0 Å². The first-order valence-electron chi connectivity index (χ1n) is 9.38. The van der Waals surface area contributed by atoms with Gasteiger partial charge in [0.15, 0.2) is 11.5 Å². The van der Waals surface area contributed by atoms with Crippen molar-refractivity contribution >= 4 is 22.6 Å². The molecule has 0 unspecified atom stereocenters. The topological polar surface area (TPSA) is 76.7 Å². The van der Waals surface area contributed by atoms with E-state index >= 15 is 0 Å². The fraction of sp³-hybridized carbons (Fsp3) is 0.217. The molecule has 0 saturated carbocycles. The van der Waals surface area contributed by atoms with Crippen molar-refractivity contribution in [3.8, 4) is 11.5 Å². The second kappa shape index (κ2) is 9.10. The minimum atomic E-state index is -0.439. The Labute approximate surface area is 169 Å². The molecule has 0 saturated heterocycles. The lowest BCUT2D eigenvalue weighted by Crippen LogP contribution is -2.42. The number of ether oxygens (including phenoxy) is 2. The largest absolute Gasteiger partial charge is 0.493 e. The molecule has 3 aromatic rings. The summed E-state index contributed by atoms with van der Waals surface area (Å²) in [6.45, 7) is 3.82. The molecule has 0 bridgehead atoms. The average Bonchev–Trinajstić information content (AvgIpc) is 2.72. The molecular weight excluding hydrogens is 368 g/mol. The van der Waals surface area contributed by atoms with Crippen LogP contribution in [-0.4, -0.2) is 25.0 Å². The summed E-state index contributed by atoms with van der Waals surface area (Å²) in [7, 11) is 1.51. The fourth-order valence-electron chi connectivity index (χ4n) is 3.02. The number of hydrazine groups is 1. The molecule has 0 aromatic heterocycles. The number of nitrogens with one attached hydrogen (secondary N) is 2. The molecule has 0 aliphatic carbocycles.